The lowest BCUT2D eigenvalue weighted by Gasteiger charge is -2.38. The molecule has 1 heterocycles. The molecule has 6 nitrogen and oxygen atoms in total. The molecule has 0 saturated carbocycles. The Morgan fingerprint density at radius 2 is 1.80 bits per heavy atom. The summed E-state index contributed by atoms with van der Waals surface area (Å²) in [6.07, 6.45) is 0.833. The molecule has 162 valence electrons. The van der Waals surface area contributed by atoms with Crippen LogP contribution < -0.4 is 20.7 Å². The van der Waals surface area contributed by atoms with Crippen molar-refractivity contribution in [1.29, 1.82) is 0 Å². The number of benzene rings is 2. The second-order valence-corrected chi connectivity index (χ2v) is 7.68. The van der Waals surface area contributed by atoms with Crippen molar-refractivity contribution in [3.05, 3.63) is 65.7 Å². The highest BCUT2D eigenvalue weighted by Crippen LogP contribution is 2.39. The molecule has 1 atom stereocenters. The highest BCUT2D eigenvalue weighted by Gasteiger charge is 2.33. The molecule has 0 spiro atoms. The maximum atomic E-state index is 12.1. The zero-order valence-corrected chi connectivity index (χ0v) is 20.1. The van der Waals surface area contributed by atoms with Gasteiger partial charge < -0.3 is 20.7 Å². The van der Waals surface area contributed by atoms with E-state index in [9.17, 15) is 4.79 Å². The van der Waals surface area contributed by atoms with Crippen LogP contribution in [0.15, 0.2) is 59.6 Å². The Morgan fingerprint density at radius 3 is 2.53 bits per heavy atom. The van der Waals surface area contributed by atoms with E-state index in [4.69, 9.17) is 4.74 Å². The standard InChI is InChI=1S/C23H30N4O2.HI/c1-4-24-22(26-15-14-25-21(28)17-10-6-5-7-11-17)27-19-16-23(2,3)29-20-13-9-8-12-18(19)20;/h5-13,19H,4,14-16H2,1-3H3,(H,25,28)(H2,24,26,27);1H. The number of hydrogen-bond donors (Lipinski definition) is 3. The highest BCUT2D eigenvalue weighted by atomic mass is 127. The van der Waals surface area contributed by atoms with Crippen LogP contribution in [0.1, 0.15) is 49.2 Å². The van der Waals surface area contributed by atoms with Crippen molar-refractivity contribution < 1.29 is 9.53 Å². The Balaban J connectivity index is 0.00000320. The first-order valence-corrected chi connectivity index (χ1v) is 10.1. The molecule has 7 heteroatoms. The SMILES string of the molecule is CCNC(=NCCNC(=O)c1ccccc1)NC1CC(C)(C)Oc2ccccc21.I. The van der Waals surface area contributed by atoms with Gasteiger partial charge >= 0.3 is 0 Å². The first kappa shape index (κ1) is 24.0. The fourth-order valence-electron chi connectivity index (χ4n) is 3.44. The third-order valence-electron chi connectivity index (χ3n) is 4.73. The lowest BCUT2D eigenvalue weighted by atomic mass is 9.90. The van der Waals surface area contributed by atoms with Gasteiger partial charge in [-0.2, -0.15) is 0 Å². The number of aliphatic imine (C=N–C) groups is 1. The van der Waals surface area contributed by atoms with E-state index in [1.54, 1.807) is 12.1 Å². The van der Waals surface area contributed by atoms with Gasteiger partial charge in [0.1, 0.15) is 11.4 Å². The van der Waals surface area contributed by atoms with Crippen LogP contribution in [0.25, 0.3) is 0 Å². The molecule has 1 aliphatic rings. The summed E-state index contributed by atoms with van der Waals surface area (Å²) in [5.41, 5.74) is 1.53. The maximum Gasteiger partial charge on any atom is 0.251 e. The van der Waals surface area contributed by atoms with Crippen LogP contribution in [0, 0.1) is 0 Å². The number of para-hydroxylation sites is 1. The number of amides is 1. The van der Waals surface area contributed by atoms with Gasteiger partial charge in [-0.3, -0.25) is 9.79 Å². The summed E-state index contributed by atoms with van der Waals surface area (Å²) < 4.78 is 6.11. The normalized spacial score (nSPS) is 17.0. The van der Waals surface area contributed by atoms with E-state index in [2.05, 4.69) is 40.9 Å². The van der Waals surface area contributed by atoms with E-state index >= 15 is 0 Å². The molecule has 0 aliphatic carbocycles. The minimum absolute atomic E-state index is 0. The van der Waals surface area contributed by atoms with Crippen molar-refractivity contribution in [3.8, 4) is 5.75 Å². The van der Waals surface area contributed by atoms with Crippen LogP contribution >= 0.6 is 24.0 Å². The first-order chi connectivity index (χ1) is 14.0. The van der Waals surface area contributed by atoms with Crippen molar-refractivity contribution in [2.75, 3.05) is 19.6 Å². The van der Waals surface area contributed by atoms with Crippen LogP contribution in [0.3, 0.4) is 0 Å². The van der Waals surface area contributed by atoms with Gasteiger partial charge in [0.15, 0.2) is 5.96 Å². The van der Waals surface area contributed by atoms with Crippen molar-refractivity contribution in [2.45, 2.75) is 38.8 Å². The molecule has 1 unspecified atom stereocenters. The van der Waals surface area contributed by atoms with Gasteiger partial charge in [0, 0.05) is 30.6 Å². The Bertz CT molecular complexity index is 855. The smallest absolute Gasteiger partial charge is 0.251 e. The van der Waals surface area contributed by atoms with E-state index in [0.717, 1.165) is 30.2 Å². The molecule has 3 rings (SSSR count). The summed E-state index contributed by atoms with van der Waals surface area (Å²) in [6.45, 7) is 7.95. The van der Waals surface area contributed by atoms with E-state index < -0.39 is 0 Å². The van der Waals surface area contributed by atoms with Gasteiger partial charge in [-0.05, 0) is 39.0 Å². The molecule has 0 bridgehead atoms. The van der Waals surface area contributed by atoms with E-state index in [-0.39, 0.29) is 41.5 Å². The summed E-state index contributed by atoms with van der Waals surface area (Å²) in [6, 6.07) is 17.4. The molecule has 1 amide bonds. The van der Waals surface area contributed by atoms with Crippen LogP contribution in [0.2, 0.25) is 0 Å². The average Bonchev–Trinajstić information content (AvgIpc) is 2.71. The molecule has 30 heavy (non-hydrogen) atoms. The topological polar surface area (TPSA) is 74.8 Å². The summed E-state index contributed by atoms with van der Waals surface area (Å²) >= 11 is 0. The van der Waals surface area contributed by atoms with Gasteiger partial charge in [0.2, 0.25) is 0 Å². The number of carbonyl (C=O) groups is 1. The largest absolute Gasteiger partial charge is 0.487 e. The molecule has 0 fully saturated rings. The first-order valence-electron chi connectivity index (χ1n) is 10.1. The van der Waals surface area contributed by atoms with E-state index in [1.807, 2.05) is 43.3 Å². The Hall–Kier alpha value is -2.29. The molecule has 0 radical (unpaired) electrons. The van der Waals surface area contributed by atoms with Gasteiger partial charge in [0.25, 0.3) is 5.91 Å². The Kier molecular flexibility index (Phi) is 8.95. The fraction of sp³-hybridized carbons (Fsp3) is 0.391. The number of carbonyl (C=O) groups excluding carboxylic acids is 1. The Morgan fingerprint density at radius 1 is 1.10 bits per heavy atom. The summed E-state index contributed by atoms with van der Waals surface area (Å²) in [5.74, 6) is 1.56. The minimum Gasteiger partial charge on any atom is -0.487 e. The Labute approximate surface area is 195 Å². The third kappa shape index (κ3) is 6.62. The number of rotatable bonds is 6. The monoisotopic (exact) mass is 522 g/mol. The molecule has 3 N–H and O–H groups in total. The van der Waals surface area contributed by atoms with Crippen LogP contribution in [-0.2, 0) is 0 Å². The van der Waals surface area contributed by atoms with Crippen molar-refractivity contribution in [1.82, 2.24) is 16.0 Å². The van der Waals surface area contributed by atoms with Crippen LogP contribution in [-0.4, -0.2) is 37.1 Å². The second kappa shape index (κ2) is 11.2. The van der Waals surface area contributed by atoms with Gasteiger partial charge in [-0.1, -0.05) is 36.4 Å². The second-order valence-electron chi connectivity index (χ2n) is 7.68. The van der Waals surface area contributed by atoms with Gasteiger partial charge in [0.05, 0.1) is 12.6 Å². The number of nitrogens with one attached hydrogen (secondary N) is 3. The molecule has 2 aromatic rings. The predicted molar refractivity (Wildman–Crippen MR) is 132 cm³/mol. The number of guanidine groups is 1. The summed E-state index contributed by atoms with van der Waals surface area (Å²) in [7, 11) is 0. The molecular formula is C23H31IN4O2. The van der Waals surface area contributed by atoms with E-state index in [0.29, 0.717) is 18.7 Å². The van der Waals surface area contributed by atoms with Gasteiger partial charge in [-0.15, -0.1) is 24.0 Å². The van der Waals surface area contributed by atoms with E-state index in [1.165, 1.54) is 0 Å². The number of hydrogen-bond acceptors (Lipinski definition) is 3. The number of ether oxygens (including phenoxy) is 1. The molecular weight excluding hydrogens is 491 g/mol. The predicted octanol–water partition coefficient (Wildman–Crippen LogP) is 3.89. The lowest BCUT2D eigenvalue weighted by molar-refractivity contribution is 0.0694. The number of halogens is 1. The average molecular weight is 522 g/mol. The molecule has 0 saturated heterocycles. The van der Waals surface area contributed by atoms with Crippen molar-refractivity contribution >= 4 is 35.8 Å². The number of fused-ring (bicyclic) bond motifs is 1. The maximum absolute atomic E-state index is 12.1. The highest BCUT2D eigenvalue weighted by molar-refractivity contribution is 14.0. The minimum atomic E-state index is -0.257. The lowest BCUT2D eigenvalue weighted by Crippen LogP contribution is -2.45. The number of nitrogens with zero attached hydrogens (tertiary/aromatic N) is 1. The molecule has 0 aromatic heterocycles. The summed E-state index contributed by atoms with van der Waals surface area (Å²) in [5, 5.41) is 9.74. The zero-order valence-electron chi connectivity index (χ0n) is 17.8. The zero-order chi connectivity index (χ0) is 20.7. The summed E-state index contributed by atoms with van der Waals surface area (Å²) in [4.78, 5) is 16.8. The van der Waals surface area contributed by atoms with Crippen molar-refractivity contribution in [3.63, 3.8) is 0 Å². The third-order valence-corrected chi connectivity index (χ3v) is 4.73. The van der Waals surface area contributed by atoms with Crippen molar-refractivity contribution in [2.24, 2.45) is 4.99 Å². The molecule has 1 aliphatic heterocycles. The van der Waals surface area contributed by atoms with Gasteiger partial charge in [-0.25, -0.2) is 0 Å². The van der Waals surface area contributed by atoms with Crippen LogP contribution in [0.4, 0.5) is 0 Å². The quantitative estimate of drug-likeness (QED) is 0.233. The van der Waals surface area contributed by atoms with Crippen LogP contribution in [0.5, 0.6) is 5.75 Å². The fourth-order valence-corrected chi connectivity index (χ4v) is 3.44. The molecule has 2 aromatic carbocycles.